The van der Waals surface area contributed by atoms with Crippen molar-refractivity contribution in [3.63, 3.8) is 0 Å². The van der Waals surface area contributed by atoms with Gasteiger partial charge < -0.3 is 10.6 Å². The summed E-state index contributed by atoms with van der Waals surface area (Å²) in [6.45, 7) is 3.70. The smallest absolute Gasteiger partial charge is 0.229 e. The lowest BCUT2D eigenvalue weighted by molar-refractivity contribution is -0.119. The molecule has 1 atom stereocenters. The molecule has 5 heteroatoms. The Kier molecular flexibility index (Phi) is 3.75. The van der Waals surface area contributed by atoms with Gasteiger partial charge in [0, 0.05) is 16.3 Å². The largest absolute Gasteiger partial charge is 0.316 e. The van der Waals surface area contributed by atoms with Crippen LogP contribution < -0.4 is 10.6 Å². The predicted octanol–water partition coefficient (Wildman–Crippen LogP) is 1.54. The van der Waals surface area contributed by atoms with Gasteiger partial charge in [-0.1, -0.05) is 0 Å². The van der Waals surface area contributed by atoms with Crippen LogP contribution in [-0.2, 0) is 4.79 Å². The van der Waals surface area contributed by atoms with Gasteiger partial charge in [-0.3, -0.25) is 4.79 Å². The number of carbonyl (C=O) groups excluding carboxylic acids is 1. The lowest BCUT2D eigenvalue weighted by Crippen LogP contribution is -2.25. The maximum absolute atomic E-state index is 11.8. The molecule has 0 spiro atoms. The van der Waals surface area contributed by atoms with Gasteiger partial charge in [-0.2, -0.15) is 0 Å². The number of aryl methyl sites for hydroxylation is 1. The van der Waals surface area contributed by atoms with E-state index in [1.165, 1.54) is 0 Å². The van der Waals surface area contributed by atoms with E-state index >= 15 is 0 Å². The number of pyridine rings is 1. The summed E-state index contributed by atoms with van der Waals surface area (Å²) in [5, 5.41) is 6.03. The van der Waals surface area contributed by atoms with Crippen LogP contribution in [0.15, 0.2) is 12.3 Å². The second-order valence-electron chi connectivity index (χ2n) is 4.00. The van der Waals surface area contributed by atoms with E-state index in [0.29, 0.717) is 5.82 Å². The first-order chi connectivity index (χ1) is 7.66. The number of aromatic nitrogens is 1. The molecule has 86 valence electrons. The highest BCUT2D eigenvalue weighted by atomic mass is 127. The van der Waals surface area contributed by atoms with E-state index in [-0.39, 0.29) is 11.8 Å². The number of anilines is 1. The van der Waals surface area contributed by atoms with Crippen molar-refractivity contribution in [2.45, 2.75) is 13.3 Å². The summed E-state index contributed by atoms with van der Waals surface area (Å²) >= 11 is 2.24. The molecule has 1 aliphatic rings. The van der Waals surface area contributed by atoms with Crippen molar-refractivity contribution in [3.05, 3.63) is 21.4 Å². The van der Waals surface area contributed by atoms with E-state index in [1.807, 2.05) is 13.0 Å². The molecule has 2 heterocycles. The molecule has 1 saturated heterocycles. The van der Waals surface area contributed by atoms with Crippen molar-refractivity contribution < 1.29 is 4.79 Å². The normalized spacial score (nSPS) is 19.8. The van der Waals surface area contributed by atoms with E-state index in [4.69, 9.17) is 0 Å². The highest BCUT2D eigenvalue weighted by Crippen LogP contribution is 2.16. The summed E-state index contributed by atoms with van der Waals surface area (Å²) in [5.74, 6) is 0.796. The minimum absolute atomic E-state index is 0.0668. The molecule has 0 aromatic carbocycles. The third-order valence-electron chi connectivity index (χ3n) is 2.72. The molecular weight excluding hydrogens is 317 g/mol. The first-order valence-electron chi connectivity index (χ1n) is 5.30. The van der Waals surface area contributed by atoms with Crippen LogP contribution >= 0.6 is 22.6 Å². The SMILES string of the molecule is Cc1cnc(NC(=O)[C@@H]2CCNC2)cc1I. The van der Waals surface area contributed by atoms with E-state index in [9.17, 15) is 4.79 Å². The van der Waals surface area contributed by atoms with E-state index in [2.05, 4.69) is 38.2 Å². The monoisotopic (exact) mass is 331 g/mol. The minimum Gasteiger partial charge on any atom is -0.316 e. The van der Waals surface area contributed by atoms with Crippen LogP contribution in [0.25, 0.3) is 0 Å². The third-order valence-corrected chi connectivity index (χ3v) is 3.88. The fourth-order valence-electron chi connectivity index (χ4n) is 1.67. The van der Waals surface area contributed by atoms with Crippen molar-refractivity contribution >= 4 is 34.3 Å². The average molecular weight is 331 g/mol. The standard InChI is InChI=1S/C11H14IN3O/c1-7-5-14-10(4-9(7)12)15-11(16)8-2-3-13-6-8/h4-5,8,13H,2-3,6H2,1H3,(H,14,15,16)/t8-/m1/s1. The van der Waals surface area contributed by atoms with Gasteiger partial charge in [0.25, 0.3) is 0 Å². The second-order valence-corrected chi connectivity index (χ2v) is 5.16. The number of amides is 1. The van der Waals surface area contributed by atoms with Gasteiger partial charge in [0.2, 0.25) is 5.91 Å². The zero-order valence-electron chi connectivity index (χ0n) is 9.09. The van der Waals surface area contributed by atoms with Crippen molar-refractivity contribution in [3.8, 4) is 0 Å². The van der Waals surface area contributed by atoms with E-state index in [0.717, 1.165) is 28.6 Å². The van der Waals surface area contributed by atoms with Crippen LogP contribution in [0.4, 0.5) is 5.82 Å². The third kappa shape index (κ3) is 2.70. The predicted molar refractivity (Wildman–Crippen MR) is 71.3 cm³/mol. The molecule has 0 aliphatic carbocycles. The number of halogens is 1. The molecule has 2 rings (SSSR count). The Morgan fingerprint density at radius 2 is 2.50 bits per heavy atom. The van der Waals surface area contributed by atoms with Crippen LogP contribution in [0.1, 0.15) is 12.0 Å². The fraction of sp³-hybridized carbons (Fsp3) is 0.455. The van der Waals surface area contributed by atoms with E-state index < -0.39 is 0 Å². The summed E-state index contributed by atoms with van der Waals surface area (Å²) in [6.07, 6.45) is 2.69. The topological polar surface area (TPSA) is 54.0 Å². The summed E-state index contributed by atoms with van der Waals surface area (Å²) in [4.78, 5) is 16.0. The van der Waals surface area contributed by atoms with Crippen LogP contribution in [0.5, 0.6) is 0 Å². The van der Waals surface area contributed by atoms with Crippen LogP contribution in [0.2, 0.25) is 0 Å². The first kappa shape index (κ1) is 11.8. The Balaban J connectivity index is 2.02. The maximum Gasteiger partial charge on any atom is 0.229 e. The van der Waals surface area contributed by atoms with Crippen molar-refractivity contribution in [2.75, 3.05) is 18.4 Å². The number of nitrogens with zero attached hydrogens (tertiary/aromatic N) is 1. The molecule has 2 N–H and O–H groups in total. The molecule has 1 aliphatic heterocycles. The first-order valence-corrected chi connectivity index (χ1v) is 6.38. The quantitative estimate of drug-likeness (QED) is 0.809. The lowest BCUT2D eigenvalue weighted by Gasteiger charge is -2.09. The number of carbonyl (C=O) groups is 1. The molecular formula is C11H14IN3O. The highest BCUT2D eigenvalue weighted by Gasteiger charge is 2.22. The van der Waals surface area contributed by atoms with Gasteiger partial charge in [0.15, 0.2) is 0 Å². The zero-order valence-corrected chi connectivity index (χ0v) is 11.2. The summed E-state index contributed by atoms with van der Waals surface area (Å²) in [6, 6.07) is 1.90. The van der Waals surface area contributed by atoms with Crippen molar-refractivity contribution in [1.29, 1.82) is 0 Å². The zero-order chi connectivity index (χ0) is 11.5. The molecule has 0 radical (unpaired) electrons. The molecule has 0 unspecified atom stereocenters. The van der Waals surface area contributed by atoms with Gasteiger partial charge in [-0.05, 0) is 54.1 Å². The molecule has 0 bridgehead atoms. The lowest BCUT2D eigenvalue weighted by atomic mass is 10.1. The molecule has 1 aromatic rings. The van der Waals surface area contributed by atoms with Gasteiger partial charge in [0.05, 0.1) is 5.92 Å². The molecule has 1 fully saturated rings. The molecule has 16 heavy (non-hydrogen) atoms. The van der Waals surface area contributed by atoms with Crippen molar-refractivity contribution in [1.82, 2.24) is 10.3 Å². The Hall–Kier alpha value is -0.690. The highest BCUT2D eigenvalue weighted by molar-refractivity contribution is 14.1. The Morgan fingerprint density at radius 3 is 3.12 bits per heavy atom. The van der Waals surface area contributed by atoms with Gasteiger partial charge >= 0.3 is 0 Å². The Labute approximate surface area is 108 Å². The summed E-state index contributed by atoms with van der Waals surface area (Å²) in [7, 11) is 0. The van der Waals surface area contributed by atoms with Gasteiger partial charge in [0.1, 0.15) is 5.82 Å². The Morgan fingerprint density at radius 1 is 1.69 bits per heavy atom. The molecule has 1 aromatic heterocycles. The van der Waals surface area contributed by atoms with Crippen LogP contribution in [-0.4, -0.2) is 24.0 Å². The van der Waals surface area contributed by atoms with E-state index in [1.54, 1.807) is 6.20 Å². The maximum atomic E-state index is 11.8. The average Bonchev–Trinajstić information content (AvgIpc) is 2.77. The van der Waals surface area contributed by atoms with Crippen LogP contribution in [0, 0.1) is 16.4 Å². The fourth-order valence-corrected chi connectivity index (χ4v) is 2.11. The number of hydrogen-bond acceptors (Lipinski definition) is 3. The second kappa shape index (κ2) is 5.09. The molecule has 0 saturated carbocycles. The number of rotatable bonds is 2. The number of hydrogen-bond donors (Lipinski definition) is 2. The van der Waals surface area contributed by atoms with Gasteiger partial charge in [-0.25, -0.2) is 4.98 Å². The molecule has 4 nitrogen and oxygen atoms in total. The summed E-state index contributed by atoms with van der Waals surface area (Å²) < 4.78 is 1.12. The van der Waals surface area contributed by atoms with Crippen molar-refractivity contribution in [2.24, 2.45) is 5.92 Å². The van der Waals surface area contributed by atoms with Crippen LogP contribution in [0.3, 0.4) is 0 Å². The molecule has 1 amide bonds. The van der Waals surface area contributed by atoms with Gasteiger partial charge in [-0.15, -0.1) is 0 Å². The minimum atomic E-state index is 0.0668. The number of nitrogens with one attached hydrogen (secondary N) is 2. The summed E-state index contributed by atoms with van der Waals surface area (Å²) in [5.41, 5.74) is 1.13. The Bertz CT molecular complexity index is 402.